The van der Waals surface area contributed by atoms with Crippen molar-refractivity contribution in [2.75, 3.05) is 16.8 Å². The first-order chi connectivity index (χ1) is 22.2. The van der Waals surface area contributed by atoms with Gasteiger partial charge in [0.2, 0.25) is 11.8 Å². The van der Waals surface area contributed by atoms with Crippen LogP contribution in [0.4, 0.5) is 17.1 Å². The van der Waals surface area contributed by atoms with Crippen LogP contribution >= 0.6 is 39.0 Å². The standard InChI is InChI=1S/C32H21BrN4O7S2/c33-18-6-12-23(44-15-24(38)34-19-7-5-16-3-1-2-4-17(16)13-19)22(14-18)25-26-28(45-29-27(25)46-32(41)35-29)31(40)36(30(26)39)20-8-10-21(11-9-20)37(42)43/h1-14,25-26,28H,15H2,(H,34,38)(H,35,41)/t25-,26?,28?/m1/s1. The summed E-state index contributed by atoms with van der Waals surface area (Å²) in [5.41, 5.74) is 1.17. The lowest BCUT2D eigenvalue weighted by atomic mass is 9.82. The summed E-state index contributed by atoms with van der Waals surface area (Å²) in [7, 11) is 0. The first kappa shape index (κ1) is 29.9. The molecule has 11 nitrogen and oxygen atoms in total. The average Bonchev–Trinajstić information content (AvgIpc) is 3.54. The highest BCUT2D eigenvalue weighted by Gasteiger charge is 2.57. The van der Waals surface area contributed by atoms with Crippen molar-refractivity contribution in [3.63, 3.8) is 0 Å². The van der Waals surface area contributed by atoms with Crippen LogP contribution in [-0.2, 0) is 14.4 Å². The molecular weight excluding hydrogens is 696 g/mol. The van der Waals surface area contributed by atoms with Crippen molar-refractivity contribution >= 4 is 84.6 Å². The second-order valence-electron chi connectivity index (χ2n) is 10.6. The molecule has 4 aromatic carbocycles. The number of carbonyl (C=O) groups is 3. The number of thioether (sulfide) groups is 1. The van der Waals surface area contributed by atoms with Gasteiger partial charge in [0.25, 0.3) is 11.6 Å². The molecule has 0 saturated carbocycles. The molecule has 230 valence electrons. The van der Waals surface area contributed by atoms with Crippen LogP contribution in [0.3, 0.4) is 0 Å². The lowest BCUT2D eigenvalue weighted by molar-refractivity contribution is -0.384. The number of aromatic nitrogens is 1. The van der Waals surface area contributed by atoms with E-state index in [1.165, 1.54) is 24.3 Å². The van der Waals surface area contributed by atoms with Crippen LogP contribution in [0.15, 0.2) is 99.2 Å². The SMILES string of the molecule is O=C(COc1ccc(Br)cc1[C@H]1c2sc(=O)[nH]c2SC2C(=O)N(c3ccc([N+](=O)[O-])cc3)C(=O)C21)Nc1ccc2ccccc2c1. The second kappa shape index (κ2) is 11.9. The number of nitro benzene ring substituents is 1. The van der Waals surface area contributed by atoms with E-state index in [9.17, 15) is 29.3 Å². The Hall–Kier alpha value is -4.79. The Kier molecular flexibility index (Phi) is 7.71. The molecule has 3 heterocycles. The molecule has 0 spiro atoms. The van der Waals surface area contributed by atoms with E-state index in [0.29, 0.717) is 31.4 Å². The van der Waals surface area contributed by atoms with Gasteiger partial charge in [-0.15, -0.1) is 0 Å². The molecule has 1 fully saturated rings. The molecule has 0 bridgehead atoms. The Morgan fingerprint density at radius 3 is 2.50 bits per heavy atom. The van der Waals surface area contributed by atoms with Crippen LogP contribution in [0.1, 0.15) is 16.4 Å². The topological polar surface area (TPSA) is 152 Å². The monoisotopic (exact) mass is 716 g/mol. The predicted octanol–water partition coefficient (Wildman–Crippen LogP) is 6.07. The number of ether oxygens (including phenoxy) is 1. The molecular formula is C32H21BrN4O7S2. The molecule has 2 aliphatic rings. The predicted molar refractivity (Wildman–Crippen MR) is 178 cm³/mol. The number of benzene rings is 4. The van der Waals surface area contributed by atoms with Crippen LogP contribution in [-0.4, -0.2) is 39.5 Å². The molecule has 5 aromatic rings. The number of nitro groups is 1. The highest BCUT2D eigenvalue weighted by Crippen LogP contribution is 2.54. The summed E-state index contributed by atoms with van der Waals surface area (Å²) in [6.07, 6.45) is 0. The number of imide groups is 1. The van der Waals surface area contributed by atoms with E-state index in [2.05, 4.69) is 26.2 Å². The second-order valence-corrected chi connectivity index (χ2v) is 13.7. The zero-order valence-electron chi connectivity index (χ0n) is 23.5. The number of hydrogen-bond acceptors (Lipinski definition) is 9. The molecule has 0 aliphatic carbocycles. The number of thiazole rings is 1. The van der Waals surface area contributed by atoms with Crippen molar-refractivity contribution < 1.29 is 24.0 Å². The molecule has 2 unspecified atom stereocenters. The van der Waals surface area contributed by atoms with Crippen LogP contribution in [0.2, 0.25) is 0 Å². The van der Waals surface area contributed by atoms with Crippen LogP contribution in [0.5, 0.6) is 5.75 Å². The number of anilines is 2. The minimum absolute atomic E-state index is 0.173. The summed E-state index contributed by atoms with van der Waals surface area (Å²) >= 11 is 5.56. The lowest BCUT2D eigenvalue weighted by Gasteiger charge is -2.31. The minimum Gasteiger partial charge on any atom is -0.483 e. The first-order valence-corrected chi connectivity index (χ1v) is 16.4. The first-order valence-electron chi connectivity index (χ1n) is 13.9. The zero-order valence-corrected chi connectivity index (χ0v) is 26.7. The molecule has 2 aliphatic heterocycles. The van der Waals surface area contributed by atoms with Crippen molar-refractivity contribution in [1.29, 1.82) is 0 Å². The van der Waals surface area contributed by atoms with E-state index in [1.807, 2.05) is 36.4 Å². The number of amides is 3. The lowest BCUT2D eigenvalue weighted by Crippen LogP contribution is -2.32. The van der Waals surface area contributed by atoms with Gasteiger partial charge in [0, 0.05) is 38.7 Å². The summed E-state index contributed by atoms with van der Waals surface area (Å²) < 4.78 is 6.71. The molecule has 7 rings (SSSR count). The summed E-state index contributed by atoms with van der Waals surface area (Å²) in [6, 6.07) is 23.7. The van der Waals surface area contributed by atoms with E-state index in [1.54, 1.807) is 24.3 Å². The van der Waals surface area contributed by atoms with E-state index in [4.69, 9.17) is 4.74 Å². The average molecular weight is 718 g/mol. The maximum atomic E-state index is 14.1. The van der Waals surface area contributed by atoms with Gasteiger partial charge in [-0.1, -0.05) is 69.4 Å². The Balaban J connectivity index is 1.21. The molecule has 14 heteroatoms. The van der Waals surface area contributed by atoms with Gasteiger partial charge < -0.3 is 15.0 Å². The number of nitrogens with zero attached hydrogens (tertiary/aromatic N) is 2. The summed E-state index contributed by atoms with van der Waals surface area (Å²) in [4.78, 5) is 68.0. The number of aromatic amines is 1. The molecule has 2 N–H and O–H groups in total. The zero-order chi connectivity index (χ0) is 32.1. The summed E-state index contributed by atoms with van der Waals surface area (Å²) in [6.45, 7) is -0.338. The Morgan fingerprint density at radius 1 is 0.978 bits per heavy atom. The molecule has 1 saturated heterocycles. The molecule has 0 radical (unpaired) electrons. The number of fused-ring (bicyclic) bond motifs is 3. The van der Waals surface area contributed by atoms with Crippen molar-refractivity contribution in [3.8, 4) is 5.75 Å². The van der Waals surface area contributed by atoms with E-state index in [-0.39, 0.29) is 22.9 Å². The van der Waals surface area contributed by atoms with Crippen molar-refractivity contribution in [3.05, 3.63) is 120 Å². The van der Waals surface area contributed by atoms with Gasteiger partial charge in [0.1, 0.15) is 11.0 Å². The highest BCUT2D eigenvalue weighted by atomic mass is 79.9. The van der Waals surface area contributed by atoms with E-state index >= 15 is 0 Å². The van der Waals surface area contributed by atoms with Gasteiger partial charge in [-0.2, -0.15) is 0 Å². The number of halogens is 1. The third kappa shape index (κ3) is 5.37. The highest BCUT2D eigenvalue weighted by molar-refractivity contribution is 9.10. The Morgan fingerprint density at radius 2 is 1.74 bits per heavy atom. The van der Waals surface area contributed by atoms with Crippen molar-refractivity contribution in [2.24, 2.45) is 5.92 Å². The van der Waals surface area contributed by atoms with Gasteiger partial charge >= 0.3 is 4.87 Å². The maximum absolute atomic E-state index is 14.1. The Bertz CT molecular complexity index is 2130. The molecule has 1 aromatic heterocycles. The molecule has 3 atom stereocenters. The number of H-pyrrole nitrogens is 1. The number of rotatable bonds is 7. The van der Waals surface area contributed by atoms with Crippen LogP contribution < -0.4 is 19.8 Å². The third-order valence-electron chi connectivity index (χ3n) is 7.84. The fraction of sp³-hybridized carbons (Fsp3) is 0.125. The van der Waals surface area contributed by atoms with E-state index in [0.717, 1.165) is 38.8 Å². The quantitative estimate of drug-likeness (QED) is 0.117. The van der Waals surface area contributed by atoms with Gasteiger partial charge in [-0.3, -0.25) is 29.3 Å². The fourth-order valence-corrected chi connectivity index (χ4v) is 8.72. The number of non-ortho nitro benzene ring substituents is 1. The smallest absolute Gasteiger partial charge is 0.305 e. The fourth-order valence-electron chi connectivity index (χ4n) is 5.83. The number of nitrogens with one attached hydrogen (secondary N) is 2. The van der Waals surface area contributed by atoms with Crippen molar-refractivity contribution in [1.82, 2.24) is 4.98 Å². The van der Waals surface area contributed by atoms with Gasteiger partial charge in [0.05, 0.1) is 21.6 Å². The van der Waals surface area contributed by atoms with Crippen LogP contribution in [0.25, 0.3) is 10.8 Å². The Labute approximate surface area is 276 Å². The van der Waals surface area contributed by atoms with Gasteiger partial charge in [0.15, 0.2) is 6.61 Å². The van der Waals surface area contributed by atoms with E-state index < -0.39 is 39.7 Å². The maximum Gasteiger partial charge on any atom is 0.305 e. The largest absolute Gasteiger partial charge is 0.483 e. The minimum atomic E-state index is -0.922. The van der Waals surface area contributed by atoms with Crippen molar-refractivity contribution in [2.45, 2.75) is 16.2 Å². The number of hydrogen-bond donors (Lipinski definition) is 2. The van der Waals surface area contributed by atoms with Crippen LogP contribution in [0, 0.1) is 16.0 Å². The summed E-state index contributed by atoms with van der Waals surface area (Å²) in [5.74, 6) is -2.77. The number of carbonyl (C=O) groups excluding carboxylic acids is 3. The summed E-state index contributed by atoms with van der Waals surface area (Å²) in [5, 5.41) is 15.6. The third-order valence-corrected chi connectivity index (χ3v) is 10.7. The van der Waals surface area contributed by atoms with Gasteiger partial charge in [-0.05, 0) is 53.2 Å². The molecule has 46 heavy (non-hydrogen) atoms. The van der Waals surface area contributed by atoms with Gasteiger partial charge in [-0.25, -0.2) is 4.90 Å². The molecule has 3 amide bonds. The normalized spacial score (nSPS) is 18.7.